The number of carbonyl (C=O) groups is 1. The molecule has 1 aromatic rings. The predicted octanol–water partition coefficient (Wildman–Crippen LogP) is 1.79. The van der Waals surface area contributed by atoms with E-state index in [1.807, 2.05) is 30.3 Å². The van der Waals surface area contributed by atoms with Gasteiger partial charge in [0.25, 0.3) is 0 Å². The van der Waals surface area contributed by atoms with E-state index in [9.17, 15) is 9.90 Å². The summed E-state index contributed by atoms with van der Waals surface area (Å²) in [6.45, 7) is 3.72. The second-order valence-corrected chi connectivity index (χ2v) is 3.79. The Labute approximate surface area is 96.1 Å². The van der Waals surface area contributed by atoms with Gasteiger partial charge < -0.3 is 9.84 Å². The normalized spacial score (nSPS) is 14.2. The first kappa shape index (κ1) is 12.7. The standard InChI is InChI=1S/C13H18O3/c1-3-16-13(15)12(10(2)14)9-11-7-5-4-6-8-11/h4-8,10,12,14H,3,9H2,1-2H3/t10-,12+/m1/s1. The van der Waals surface area contributed by atoms with Crippen LogP contribution >= 0.6 is 0 Å². The van der Waals surface area contributed by atoms with Crippen molar-refractivity contribution in [2.75, 3.05) is 6.61 Å². The Balaban J connectivity index is 2.69. The number of hydrogen-bond acceptors (Lipinski definition) is 3. The van der Waals surface area contributed by atoms with Crippen molar-refractivity contribution in [3.05, 3.63) is 35.9 Å². The molecular formula is C13H18O3. The summed E-state index contributed by atoms with van der Waals surface area (Å²) in [5, 5.41) is 9.57. The first-order valence-corrected chi connectivity index (χ1v) is 5.53. The van der Waals surface area contributed by atoms with E-state index in [-0.39, 0.29) is 5.97 Å². The highest BCUT2D eigenvalue weighted by Gasteiger charge is 2.25. The number of carbonyl (C=O) groups excluding carboxylic acids is 1. The molecule has 2 atom stereocenters. The molecule has 88 valence electrons. The summed E-state index contributed by atoms with van der Waals surface area (Å²) < 4.78 is 4.94. The van der Waals surface area contributed by atoms with Gasteiger partial charge in [0.05, 0.1) is 18.6 Å². The van der Waals surface area contributed by atoms with Crippen LogP contribution < -0.4 is 0 Å². The van der Waals surface area contributed by atoms with E-state index in [0.29, 0.717) is 13.0 Å². The zero-order chi connectivity index (χ0) is 12.0. The van der Waals surface area contributed by atoms with E-state index in [4.69, 9.17) is 4.74 Å². The third-order valence-corrected chi connectivity index (χ3v) is 2.47. The maximum absolute atomic E-state index is 11.6. The number of esters is 1. The summed E-state index contributed by atoms with van der Waals surface area (Å²) in [6.07, 6.45) is -0.184. The molecule has 0 aliphatic carbocycles. The number of hydrogen-bond donors (Lipinski definition) is 1. The number of aliphatic hydroxyl groups is 1. The van der Waals surface area contributed by atoms with Crippen LogP contribution in [0.4, 0.5) is 0 Å². The predicted molar refractivity (Wildman–Crippen MR) is 61.9 cm³/mol. The molecule has 0 heterocycles. The van der Waals surface area contributed by atoms with Crippen LogP contribution in [0.1, 0.15) is 19.4 Å². The van der Waals surface area contributed by atoms with Crippen LogP contribution in [-0.4, -0.2) is 23.8 Å². The fourth-order valence-electron chi connectivity index (χ4n) is 1.57. The lowest BCUT2D eigenvalue weighted by Gasteiger charge is -2.18. The molecule has 0 radical (unpaired) electrons. The molecule has 0 aromatic heterocycles. The van der Waals surface area contributed by atoms with E-state index in [2.05, 4.69) is 0 Å². The van der Waals surface area contributed by atoms with E-state index < -0.39 is 12.0 Å². The third-order valence-electron chi connectivity index (χ3n) is 2.47. The van der Waals surface area contributed by atoms with Crippen LogP contribution in [-0.2, 0) is 16.0 Å². The summed E-state index contributed by atoms with van der Waals surface area (Å²) in [5.74, 6) is -0.816. The van der Waals surface area contributed by atoms with Gasteiger partial charge >= 0.3 is 5.97 Å². The summed E-state index contributed by atoms with van der Waals surface area (Å²) in [5.41, 5.74) is 1.03. The van der Waals surface area contributed by atoms with Crippen molar-refractivity contribution >= 4 is 5.97 Å². The summed E-state index contributed by atoms with van der Waals surface area (Å²) in [6, 6.07) is 9.63. The van der Waals surface area contributed by atoms with Gasteiger partial charge in [-0.2, -0.15) is 0 Å². The van der Waals surface area contributed by atoms with Gasteiger partial charge in [-0.15, -0.1) is 0 Å². The summed E-state index contributed by atoms with van der Waals surface area (Å²) in [4.78, 5) is 11.6. The highest BCUT2D eigenvalue weighted by molar-refractivity contribution is 5.73. The molecule has 0 amide bonds. The van der Waals surface area contributed by atoms with Gasteiger partial charge in [0.1, 0.15) is 0 Å². The van der Waals surface area contributed by atoms with Crippen molar-refractivity contribution in [2.24, 2.45) is 5.92 Å². The number of ether oxygens (including phenoxy) is 1. The summed E-state index contributed by atoms with van der Waals surface area (Å²) >= 11 is 0. The van der Waals surface area contributed by atoms with Gasteiger partial charge in [-0.3, -0.25) is 4.79 Å². The van der Waals surface area contributed by atoms with Crippen molar-refractivity contribution < 1.29 is 14.6 Å². The lowest BCUT2D eigenvalue weighted by Crippen LogP contribution is -2.29. The molecule has 16 heavy (non-hydrogen) atoms. The van der Waals surface area contributed by atoms with E-state index >= 15 is 0 Å². The number of rotatable bonds is 5. The Hall–Kier alpha value is -1.35. The Morgan fingerprint density at radius 1 is 1.38 bits per heavy atom. The number of benzene rings is 1. The molecule has 3 nitrogen and oxygen atoms in total. The van der Waals surface area contributed by atoms with Crippen LogP contribution in [0.15, 0.2) is 30.3 Å². The zero-order valence-electron chi connectivity index (χ0n) is 9.72. The fourth-order valence-corrected chi connectivity index (χ4v) is 1.57. The van der Waals surface area contributed by atoms with Crippen LogP contribution in [0.5, 0.6) is 0 Å². The van der Waals surface area contributed by atoms with Crippen LogP contribution in [0, 0.1) is 5.92 Å². The molecule has 0 aliphatic heterocycles. The topological polar surface area (TPSA) is 46.5 Å². The van der Waals surface area contributed by atoms with Gasteiger partial charge in [-0.05, 0) is 25.8 Å². The highest BCUT2D eigenvalue weighted by atomic mass is 16.5. The van der Waals surface area contributed by atoms with Crippen LogP contribution in [0.25, 0.3) is 0 Å². The fraction of sp³-hybridized carbons (Fsp3) is 0.462. The van der Waals surface area contributed by atoms with Gasteiger partial charge in [0.15, 0.2) is 0 Å². The molecule has 0 unspecified atom stereocenters. The smallest absolute Gasteiger partial charge is 0.311 e. The molecule has 0 saturated carbocycles. The van der Waals surface area contributed by atoms with Gasteiger partial charge in [0, 0.05) is 0 Å². The van der Waals surface area contributed by atoms with Crippen LogP contribution in [0.3, 0.4) is 0 Å². The Morgan fingerprint density at radius 3 is 2.50 bits per heavy atom. The zero-order valence-corrected chi connectivity index (χ0v) is 9.72. The van der Waals surface area contributed by atoms with Gasteiger partial charge in [-0.1, -0.05) is 30.3 Å². The quantitative estimate of drug-likeness (QED) is 0.773. The second-order valence-electron chi connectivity index (χ2n) is 3.79. The molecule has 3 heteroatoms. The lowest BCUT2D eigenvalue weighted by atomic mass is 9.95. The van der Waals surface area contributed by atoms with Gasteiger partial charge in [-0.25, -0.2) is 0 Å². The Bertz CT molecular complexity index is 319. The average molecular weight is 222 g/mol. The molecule has 0 bridgehead atoms. The molecule has 0 aliphatic rings. The largest absolute Gasteiger partial charge is 0.466 e. The average Bonchev–Trinajstić information content (AvgIpc) is 2.27. The van der Waals surface area contributed by atoms with E-state index in [0.717, 1.165) is 5.56 Å². The van der Waals surface area contributed by atoms with Crippen molar-refractivity contribution in [1.82, 2.24) is 0 Å². The second kappa shape index (κ2) is 6.28. The Morgan fingerprint density at radius 2 is 2.00 bits per heavy atom. The third kappa shape index (κ3) is 3.66. The maximum atomic E-state index is 11.6. The van der Waals surface area contributed by atoms with Crippen molar-refractivity contribution in [1.29, 1.82) is 0 Å². The van der Waals surface area contributed by atoms with Crippen LogP contribution in [0.2, 0.25) is 0 Å². The maximum Gasteiger partial charge on any atom is 0.311 e. The van der Waals surface area contributed by atoms with Gasteiger partial charge in [0.2, 0.25) is 0 Å². The SMILES string of the molecule is CCOC(=O)[C@@H](Cc1ccccc1)[C@@H](C)O. The van der Waals surface area contributed by atoms with Crippen molar-refractivity contribution in [2.45, 2.75) is 26.4 Å². The highest BCUT2D eigenvalue weighted by Crippen LogP contribution is 2.14. The minimum atomic E-state index is -0.695. The molecular weight excluding hydrogens is 204 g/mol. The lowest BCUT2D eigenvalue weighted by molar-refractivity contribution is -0.151. The first-order chi connectivity index (χ1) is 7.65. The molecule has 1 N–H and O–H groups in total. The van der Waals surface area contributed by atoms with Crippen molar-refractivity contribution in [3.63, 3.8) is 0 Å². The molecule has 1 rings (SSSR count). The van der Waals surface area contributed by atoms with E-state index in [1.54, 1.807) is 13.8 Å². The number of aliphatic hydroxyl groups excluding tert-OH is 1. The van der Waals surface area contributed by atoms with E-state index in [1.165, 1.54) is 0 Å². The summed E-state index contributed by atoms with van der Waals surface area (Å²) in [7, 11) is 0. The molecule has 1 aromatic carbocycles. The van der Waals surface area contributed by atoms with Crippen molar-refractivity contribution in [3.8, 4) is 0 Å². The minimum Gasteiger partial charge on any atom is -0.466 e. The Kier molecular flexibility index (Phi) is 4.99. The molecule has 0 fully saturated rings. The minimum absolute atomic E-state index is 0.332. The monoisotopic (exact) mass is 222 g/mol. The molecule has 0 saturated heterocycles. The first-order valence-electron chi connectivity index (χ1n) is 5.53. The molecule has 0 spiro atoms.